The van der Waals surface area contributed by atoms with Gasteiger partial charge in [-0.3, -0.25) is 9.59 Å². The van der Waals surface area contributed by atoms with Gasteiger partial charge in [-0.25, -0.2) is 0 Å². The first-order valence-electron chi connectivity index (χ1n) is 21.5. The third-order valence-electron chi connectivity index (χ3n) is 9.20. The summed E-state index contributed by atoms with van der Waals surface area (Å²) in [7, 11) is 5.38. The number of carbonyl (C=O) groups excluding carboxylic acids is 3. The summed E-state index contributed by atoms with van der Waals surface area (Å²) in [6.45, 7) is 4.44. The van der Waals surface area contributed by atoms with Gasteiger partial charge in [0.15, 0.2) is 6.10 Å². The van der Waals surface area contributed by atoms with Crippen molar-refractivity contribution in [1.29, 1.82) is 0 Å². The van der Waals surface area contributed by atoms with Crippen molar-refractivity contribution in [2.75, 3.05) is 41.0 Å². The van der Waals surface area contributed by atoms with Crippen molar-refractivity contribution in [1.82, 2.24) is 0 Å². The van der Waals surface area contributed by atoms with Gasteiger partial charge in [-0.05, 0) is 57.8 Å². The van der Waals surface area contributed by atoms with Crippen LogP contribution < -0.4 is 5.11 Å². The van der Waals surface area contributed by atoms with Gasteiger partial charge in [-0.15, -0.1) is 0 Å². The monoisotopic (exact) mass is 770 g/mol. The number of aliphatic carboxylic acids is 1. The van der Waals surface area contributed by atoms with Gasteiger partial charge in [0.05, 0.1) is 40.3 Å². The maximum atomic E-state index is 12.7. The fourth-order valence-electron chi connectivity index (χ4n) is 5.85. The van der Waals surface area contributed by atoms with Gasteiger partial charge < -0.3 is 28.6 Å². The summed E-state index contributed by atoms with van der Waals surface area (Å²) >= 11 is 0. The first-order valence-corrected chi connectivity index (χ1v) is 21.5. The van der Waals surface area contributed by atoms with Crippen molar-refractivity contribution >= 4 is 17.9 Å². The number of hydrogen-bond donors (Lipinski definition) is 0. The van der Waals surface area contributed by atoms with Crippen LogP contribution in [0.2, 0.25) is 0 Å². The van der Waals surface area contributed by atoms with Crippen molar-refractivity contribution < 1.29 is 38.2 Å². The lowest BCUT2D eigenvalue weighted by atomic mass is 10.1. The third kappa shape index (κ3) is 36.2. The Morgan fingerprint density at radius 1 is 0.564 bits per heavy atom. The van der Waals surface area contributed by atoms with Crippen LogP contribution in [0.5, 0.6) is 0 Å². The largest absolute Gasteiger partial charge is 0.544 e. The number of likely N-dealkylation sites (N-methyl/N-ethyl adjacent to an activating group) is 1. The topological polar surface area (TPSA) is 102 Å². The smallest absolute Gasteiger partial charge is 0.306 e. The molecule has 0 heterocycles. The summed E-state index contributed by atoms with van der Waals surface area (Å²) in [4.78, 5) is 36.8. The Kier molecular flexibility index (Phi) is 35.5. The highest BCUT2D eigenvalue weighted by molar-refractivity contribution is 5.70. The van der Waals surface area contributed by atoms with E-state index in [4.69, 9.17) is 14.2 Å². The highest BCUT2D eigenvalue weighted by Crippen LogP contribution is 2.13. The summed E-state index contributed by atoms with van der Waals surface area (Å²) in [5, 5.41) is 11.6. The van der Waals surface area contributed by atoms with E-state index in [1.54, 1.807) is 21.1 Å². The average Bonchev–Trinajstić information content (AvgIpc) is 3.14. The minimum atomic E-state index is -1.14. The number of rotatable bonds is 37. The molecule has 0 aliphatic carbocycles. The summed E-state index contributed by atoms with van der Waals surface area (Å²) < 4.78 is 17.1. The molecule has 0 amide bonds. The number of esters is 2. The van der Waals surface area contributed by atoms with Crippen LogP contribution in [0.1, 0.15) is 155 Å². The Labute approximate surface area is 336 Å². The Morgan fingerprint density at radius 2 is 1.04 bits per heavy atom. The average molecular weight is 770 g/mol. The molecule has 314 valence electrons. The van der Waals surface area contributed by atoms with E-state index in [9.17, 15) is 19.5 Å². The van der Waals surface area contributed by atoms with E-state index in [1.165, 1.54) is 57.8 Å². The summed E-state index contributed by atoms with van der Waals surface area (Å²) in [6.07, 6.45) is 46.4. The molecule has 0 saturated carbocycles. The molecular weight excluding hydrogens is 691 g/mol. The predicted molar refractivity (Wildman–Crippen MR) is 226 cm³/mol. The highest BCUT2D eigenvalue weighted by Gasteiger charge is 2.25. The van der Waals surface area contributed by atoms with Crippen LogP contribution in [-0.2, 0) is 28.6 Å². The molecule has 0 aromatic heterocycles. The number of unbranched alkanes of at least 4 members (excludes halogenated alkanes) is 15. The summed E-state index contributed by atoms with van der Waals surface area (Å²) in [5.74, 6) is -1.81. The highest BCUT2D eigenvalue weighted by atomic mass is 16.6. The van der Waals surface area contributed by atoms with Crippen LogP contribution in [0, 0.1) is 0 Å². The SMILES string of the molecule is CC/C=C/C=C/C=C/C=C/C=C/CCCCCC(=O)OCC(COCCC(C(=O)[O-])[N+](C)(C)C)OC(=O)CCCCCCC/C=C/CCCCCCCCC. The zero-order chi connectivity index (χ0) is 40.7. The van der Waals surface area contributed by atoms with Crippen LogP contribution in [0.25, 0.3) is 0 Å². The van der Waals surface area contributed by atoms with Gasteiger partial charge in [0, 0.05) is 19.3 Å². The molecule has 0 aromatic carbocycles. The molecule has 0 spiro atoms. The first-order chi connectivity index (χ1) is 26.6. The molecule has 0 aliphatic heterocycles. The number of carboxylic acid groups (broad SMARTS) is 1. The number of allylic oxidation sites excluding steroid dienone is 12. The molecule has 2 atom stereocenters. The maximum Gasteiger partial charge on any atom is 0.306 e. The predicted octanol–water partition coefficient (Wildman–Crippen LogP) is 10.2. The zero-order valence-corrected chi connectivity index (χ0v) is 35.6. The van der Waals surface area contributed by atoms with E-state index in [0.29, 0.717) is 12.8 Å². The molecular formula is C47H79NO7. The third-order valence-corrected chi connectivity index (χ3v) is 9.20. The van der Waals surface area contributed by atoms with Gasteiger partial charge in [-0.1, -0.05) is 151 Å². The van der Waals surface area contributed by atoms with Gasteiger partial charge in [-0.2, -0.15) is 0 Å². The molecule has 0 N–H and O–H groups in total. The van der Waals surface area contributed by atoms with Crippen molar-refractivity contribution in [2.24, 2.45) is 0 Å². The van der Waals surface area contributed by atoms with E-state index >= 15 is 0 Å². The zero-order valence-electron chi connectivity index (χ0n) is 35.6. The van der Waals surface area contributed by atoms with Gasteiger partial charge in [0.25, 0.3) is 0 Å². The summed E-state index contributed by atoms with van der Waals surface area (Å²) in [5.41, 5.74) is 0. The number of ether oxygens (including phenoxy) is 3. The number of carboxylic acids is 1. The molecule has 0 radical (unpaired) electrons. The van der Waals surface area contributed by atoms with Gasteiger partial charge in [0.2, 0.25) is 0 Å². The molecule has 8 heteroatoms. The standard InChI is InChI=1S/C47H79NO7/c1-6-8-10-12-14-16-18-20-22-24-26-28-30-32-34-36-38-46(50)55-43(41-53-40-39-44(47(51)52)48(3,4)5)42-54-45(49)37-35-33-31-29-27-25-23-21-19-17-15-13-11-9-7-2/h9,11,13,15,17,19,21-25,27,43-44H,6-8,10,12,14,16,18,20,26,28-42H2,1-5H3/b11-9+,15-13+,19-17+,23-21+,24-22+,27-25+. The van der Waals surface area contributed by atoms with Gasteiger partial charge >= 0.3 is 11.9 Å². The normalized spacial score (nSPS) is 13.7. The van der Waals surface area contributed by atoms with Crippen molar-refractivity contribution in [3.05, 3.63) is 72.9 Å². The van der Waals surface area contributed by atoms with Crippen molar-refractivity contribution in [3.63, 3.8) is 0 Å². The molecule has 2 unspecified atom stereocenters. The lowest BCUT2D eigenvalue weighted by molar-refractivity contribution is -0.889. The Morgan fingerprint density at radius 3 is 1.58 bits per heavy atom. The molecule has 0 fully saturated rings. The van der Waals surface area contributed by atoms with E-state index in [-0.39, 0.29) is 42.7 Å². The first kappa shape index (κ1) is 51.8. The van der Waals surface area contributed by atoms with E-state index in [2.05, 4.69) is 38.2 Å². The fourth-order valence-corrected chi connectivity index (χ4v) is 5.85. The Balaban J connectivity index is 4.46. The van der Waals surface area contributed by atoms with Gasteiger partial charge in [0.1, 0.15) is 12.6 Å². The minimum Gasteiger partial charge on any atom is -0.544 e. The van der Waals surface area contributed by atoms with E-state index < -0.39 is 18.1 Å². The number of nitrogens with zero attached hydrogens (tertiary/aromatic N) is 1. The maximum absolute atomic E-state index is 12.7. The quantitative estimate of drug-likeness (QED) is 0.0204. The lowest BCUT2D eigenvalue weighted by Gasteiger charge is -2.34. The van der Waals surface area contributed by atoms with E-state index in [1.807, 2.05) is 48.6 Å². The van der Waals surface area contributed by atoms with Crippen LogP contribution in [0.15, 0.2) is 72.9 Å². The number of quaternary nitrogens is 1. The molecule has 0 rings (SSSR count). The molecule has 0 aliphatic rings. The molecule has 8 nitrogen and oxygen atoms in total. The van der Waals surface area contributed by atoms with Crippen LogP contribution >= 0.6 is 0 Å². The fraction of sp³-hybridized carbons (Fsp3) is 0.681. The second-order valence-electron chi connectivity index (χ2n) is 15.3. The van der Waals surface area contributed by atoms with Crippen LogP contribution in [-0.4, -0.2) is 75.5 Å². The van der Waals surface area contributed by atoms with Crippen molar-refractivity contribution in [3.8, 4) is 0 Å². The second kappa shape index (κ2) is 37.7. The minimum absolute atomic E-state index is 0.0198. The molecule has 55 heavy (non-hydrogen) atoms. The van der Waals surface area contributed by atoms with Crippen LogP contribution in [0.4, 0.5) is 0 Å². The lowest BCUT2D eigenvalue weighted by Crippen LogP contribution is -2.55. The second-order valence-corrected chi connectivity index (χ2v) is 15.3. The molecule has 0 aromatic rings. The molecule has 0 bridgehead atoms. The van der Waals surface area contributed by atoms with Crippen molar-refractivity contribution in [2.45, 2.75) is 167 Å². The number of carbonyl (C=O) groups is 3. The molecule has 0 saturated heterocycles. The van der Waals surface area contributed by atoms with Crippen LogP contribution in [0.3, 0.4) is 0 Å². The number of hydrogen-bond acceptors (Lipinski definition) is 7. The Bertz CT molecular complexity index is 1130. The Hall–Kier alpha value is -3.23. The summed E-state index contributed by atoms with van der Waals surface area (Å²) in [6, 6.07) is -0.737. The van der Waals surface area contributed by atoms with E-state index in [0.717, 1.165) is 64.2 Å².